The molecule has 0 aliphatic heterocycles. The quantitative estimate of drug-likeness (QED) is 0.635. The van der Waals surface area contributed by atoms with Crippen molar-refractivity contribution in [3.63, 3.8) is 0 Å². The molecule has 0 N–H and O–H groups in total. The van der Waals surface area contributed by atoms with Crippen LogP contribution in [-0.2, 0) is 6.42 Å². The van der Waals surface area contributed by atoms with Gasteiger partial charge in [0.15, 0.2) is 0 Å². The summed E-state index contributed by atoms with van der Waals surface area (Å²) in [7, 11) is 0. The molecule has 0 nitrogen and oxygen atoms in total. The van der Waals surface area contributed by atoms with Crippen LogP contribution in [0, 0.1) is 5.82 Å². The molecule has 0 bridgehead atoms. The van der Waals surface area contributed by atoms with Crippen LogP contribution in [0.3, 0.4) is 0 Å². The van der Waals surface area contributed by atoms with Gasteiger partial charge in [0.1, 0.15) is 5.82 Å². The van der Waals surface area contributed by atoms with Crippen LogP contribution < -0.4 is 0 Å². The Labute approximate surface area is 127 Å². The number of halogens is 4. The molecule has 2 rings (SSSR count). The fourth-order valence-electron chi connectivity index (χ4n) is 1.99. The van der Waals surface area contributed by atoms with Crippen LogP contribution in [0.4, 0.5) is 4.39 Å². The van der Waals surface area contributed by atoms with Gasteiger partial charge < -0.3 is 0 Å². The summed E-state index contributed by atoms with van der Waals surface area (Å²) >= 11 is 18.0. The highest BCUT2D eigenvalue weighted by atomic mass is 35.5. The van der Waals surface area contributed by atoms with Crippen LogP contribution in [0.15, 0.2) is 42.5 Å². The fraction of sp³-hybridized carbons (Fsp3) is 0.200. The molecule has 0 radical (unpaired) electrons. The molecule has 2 aromatic rings. The van der Waals surface area contributed by atoms with E-state index >= 15 is 0 Å². The van der Waals surface area contributed by atoms with Crippen molar-refractivity contribution in [2.75, 3.05) is 5.88 Å². The topological polar surface area (TPSA) is 0 Å². The summed E-state index contributed by atoms with van der Waals surface area (Å²) in [6.45, 7) is 0. The Morgan fingerprint density at radius 3 is 2.47 bits per heavy atom. The smallest absolute Gasteiger partial charge is 0.142 e. The van der Waals surface area contributed by atoms with Gasteiger partial charge in [-0.1, -0.05) is 47.5 Å². The summed E-state index contributed by atoms with van der Waals surface area (Å²) in [5, 5.41) is 0.831. The van der Waals surface area contributed by atoms with Crippen LogP contribution in [0.5, 0.6) is 0 Å². The van der Waals surface area contributed by atoms with Crippen molar-refractivity contribution in [2.24, 2.45) is 0 Å². The lowest BCUT2D eigenvalue weighted by molar-refractivity contribution is 0.624. The Hall–Kier alpha value is -0.760. The van der Waals surface area contributed by atoms with E-state index in [2.05, 4.69) is 0 Å². The summed E-state index contributed by atoms with van der Waals surface area (Å²) in [6, 6.07) is 12.3. The molecule has 0 saturated heterocycles. The van der Waals surface area contributed by atoms with Gasteiger partial charge in [0.2, 0.25) is 0 Å². The molecule has 0 aliphatic carbocycles. The van der Waals surface area contributed by atoms with Crippen molar-refractivity contribution < 1.29 is 4.39 Å². The number of benzene rings is 2. The van der Waals surface area contributed by atoms with E-state index in [1.807, 2.05) is 30.3 Å². The first-order chi connectivity index (χ1) is 9.11. The minimum absolute atomic E-state index is 0.0552. The first kappa shape index (κ1) is 14.6. The third-order valence-corrected chi connectivity index (χ3v) is 4.04. The van der Waals surface area contributed by atoms with E-state index in [0.29, 0.717) is 17.3 Å². The van der Waals surface area contributed by atoms with Crippen molar-refractivity contribution in [3.05, 3.63) is 69.5 Å². The third-order valence-electron chi connectivity index (χ3n) is 3.00. The molecule has 1 unspecified atom stereocenters. The average Bonchev–Trinajstić information content (AvgIpc) is 2.40. The monoisotopic (exact) mass is 316 g/mol. The van der Waals surface area contributed by atoms with Crippen LogP contribution in [0.1, 0.15) is 17.0 Å². The predicted octanol–water partition coefficient (Wildman–Crippen LogP) is 5.70. The van der Waals surface area contributed by atoms with E-state index in [0.717, 1.165) is 11.1 Å². The fourth-order valence-corrected chi connectivity index (χ4v) is 2.68. The maximum atomic E-state index is 13.4. The minimum Gasteiger partial charge on any atom is -0.205 e. The zero-order valence-corrected chi connectivity index (χ0v) is 12.3. The summed E-state index contributed by atoms with van der Waals surface area (Å²) in [5.41, 5.74) is 1.79. The summed E-state index contributed by atoms with van der Waals surface area (Å²) in [6.07, 6.45) is 0.584. The molecular formula is C15H12Cl3F. The Morgan fingerprint density at radius 1 is 1.05 bits per heavy atom. The third kappa shape index (κ3) is 3.62. The number of alkyl halides is 1. The zero-order chi connectivity index (χ0) is 13.8. The van der Waals surface area contributed by atoms with Crippen LogP contribution in [-0.4, -0.2) is 5.88 Å². The number of hydrogen-bond acceptors (Lipinski definition) is 0. The highest BCUT2D eigenvalue weighted by Gasteiger charge is 2.15. The predicted molar refractivity (Wildman–Crippen MR) is 80.0 cm³/mol. The van der Waals surface area contributed by atoms with Gasteiger partial charge in [-0.15, -0.1) is 11.6 Å². The summed E-state index contributed by atoms with van der Waals surface area (Å²) in [5.74, 6) is 0.0750. The van der Waals surface area contributed by atoms with Gasteiger partial charge in [-0.3, -0.25) is 0 Å². The lowest BCUT2D eigenvalue weighted by atomic mass is 9.93. The van der Waals surface area contributed by atoms with Gasteiger partial charge in [0.25, 0.3) is 0 Å². The highest BCUT2D eigenvalue weighted by Crippen LogP contribution is 2.28. The normalized spacial score (nSPS) is 12.4. The molecule has 0 heterocycles. The van der Waals surface area contributed by atoms with Crippen molar-refractivity contribution in [3.8, 4) is 0 Å². The van der Waals surface area contributed by atoms with E-state index < -0.39 is 5.82 Å². The molecule has 100 valence electrons. The molecular weight excluding hydrogens is 306 g/mol. The van der Waals surface area contributed by atoms with Crippen LogP contribution in [0.2, 0.25) is 10.0 Å². The van der Waals surface area contributed by atoms with E-state index in [-0.39, 0.29) is 10.9 Å². The molecule has 0 aliphatic rings. The molecule has 0 saturated carbocycles. The Morgan fingerprint density at radius 2 is 1.79 bits per heavy atom. The Kier molecular flexibility index (Phi) is 5.09. The SMILES string of the molecule is Fc1cccc(CC(CCl)c2cccc(Cl)c2)c1Cl. The summed E-state index contributed by atoms with van der Waals surface area (Å²) in [4.78, 5) is 0. The van der Waals surface area contributed by atoms with Crippen molar-refractivity contribution in [1.29, 1.82) is 0 Å². The van der Waals surface area contributed by atoms with E-state index in [1.165, 1.54) is 6.07 Å². The van der Waals surface area contributed by atoms with Gasteiger partial charge in [0.05, 0.1) is 5.02 Å². The largest absolute Gasteiger partial charge is 0.205 e. The standard InChI is InChI=1S/C15H12Cl3F/c16-9-12(10-3-1-5-13(17)8-10)7-11-4-2-6-14(19)15(11)18/h1-6,8,12H,7,9H2. The lowest BCUT2D eigenvalue weighted by Crippen LogP contribution is -2.05. The number of hydrogen-bond donors (Lipinski definition) is 0. The van der Waals surface area contributed by atoms with Crippen LogP contribution >= 0.6 is 34.8 Å². The van der Waals surface area contributed by atoms with Gasteiger partial charge in [-0.2, -0.15) is 0 Å². The molecule has 0 amide bonds. The second kappa shape index (κ2) is 6.60. The van der Waals surface area contributed by atoms with Gasteiger partial charge in [-0.25, -0.2) is 4.39 Å². The summed E-state index contributed by atoms with van der Waals surface area (Å²) < 4.78 is 13.4. The average molecular weight is 318 g/mol. The van der Waals surface area contributed by atoms with Crippen LogP contribution in [0.25, 0.3) is 0 Å². The van der Waals surface area contributed by atoms with E-state index in [4.69, 9.17) is 34.8 Å². The molecule has 0 fully saturated rings. The maximum Gasteiger partial charge on any atom is 0.142 e. The maximum absolute atomic E-state index is 13.4. The van der Waals surface area contributed by atoms with Crippen molar-refractivity contribution in [2.45, 2.75) is 12.3 Å². The van der Waals surface area contributed by atoms with Gasteiger partial charge in [-0.05, 0) is 35.7 Å². The molecule has 1 atom stereocenters. The van der Waals surface area contributed by atoms with Crippen molar-refractivity contribution in [1.82, 2.24) is 0 Å². The first-order valence-corrected chi connectivity index (χ1v) is 7.15. The Balaban J connectivity index is 2.26. The van der Waals surface area contributed by atoms with Gasteiger partial charge in [0, 0.05) is 16.8 Å². The molecule has 2 aromatic carbocycles. The lowest BCUT2D eigenvalue weighted by Gasteiger charge is -2.16. The van der Waals surface area contributed by atoms with E-state index in [9.17, 15) is 4.39 Å². The van der Waals surface area contributed by atoms with E-state index in [1.54, 1.807) is 6.07 Å². The molecule has 19 heavy (non-hydrogen) atoms. The number of rotatable bonds is 4. The second-order valence-electron chi connectivity index (χ2n) is 4.32. The van der Waals surface area contributed by atoms with Gasteiger partial charge >= 0.3 is 0 Å². The molecule has 4 heteroatoms. The second-order valence-corrected chi connectivity index (χ2v) is 5.45. The minimum atomic E-state index is -0.404. The first-order valence-electron chi connectivity index (χ1n) is 5.86. The van der Waals surface area contributed by atoms with Crippen molar-refractivity contribution >= 4 is 34.8 Å². The highest BCUT2D eigenvalue weighted by molar-refractivity contribution is 6.31. The Bertz CT molecular complexity index is 569. The zero-order valence-electron chi connectivity index (χ0n) is 10.0. The molecule has 0 aromatic heterocycles. The molecule has 0 spiro atoms.